The molecular weight excluding hydrogens is 216 g/mol. The number of nitrogens with one attached hydrogen (secondary N) is 2. The monoisotopic (exact) mass is 242 g/mol. The number of β-amino-alcohol motifs (C(OH)–C–C–N with tert-alkyl or cyclic N) is 1. The minimum absolute atomic E-state index is 0.00389. The molecule has 0 aromatic heterocycles. The summed E-state index contributed by atoms with van der Waals surface area (Å²) in [6.07, 6.45) is 1.04. The molecule has 1 aliphatic heterocycles. The standard InChI is InChI=1S/C13H26N2O2/c1-12(2,3)8-13(4,5)15-11(17)10-6-9(16)7-14-10/h9-10,14,16H,6-8H2,1-5H3,(H,15,17). The normalized spacial score (nSPS) is 26.0. The average molecular weight is 242 g/mol. The molecule has 100 valence electrons. The zero-order chi connectivity index (χ0) is 13.3. The average Bonchev–Trinajstić information content (AvgIpc) is 2.45. The van der Waals surface area contributed by atoms with Crippen molar-refractivity contribution >= 4 is 5.91 Å². The summed E-state index contributed by atoms with van der Waals surface area (Å²) < 4.78 is 0. The first-order valence-electron chi connectivity index (χ1n) is 6.33. The highest BCUT2D eigenvalue weighted by Gasteiger charge is 2.33. The Kier molecular flexibility index (Phi) is 4.20. The van der Waals surface area contributed by atoms with Crippen LogP contribution in [-0.4, -0.2) is 35.2 Å². The molecule has 0 aromatic carbocycles. The third-order valence-corrected chi connectivity index (χ3v) is 2.86. The molecule has 3 N–H and O–H groups in total. The number of carbonyl (C=O) groups is 1. The van der Waals surface area contributed by atoms with Gasteiger partial charge < -0.3 is 15.7 Å². The first-order valence-corrected chi connectivity index (χ1v) is 6.33. The van der Waals surface area contributed by atoms with E-state index in [1.165, 1.54) is 0 Å². The minimum Gasteiger partial charge on any atom is -0.392 e. The van der Waals surface area contributed by atoms with E-state index in [1.54, 1.807) is 0 Å². The van der Waals surface area contributed by atoms with Crippen LogP contribution in [0, 0.1) is 5.41 Å². The van der Waals surface area contributed by atoms with Gasteiger partial charge >= 0.3 is 0 Å². The van der Waals surface area contributed by atoms with E-state index in [1.807, 2.05) is 13.8 Å². The number of carbonyl (C=O) groups excluding carboxylic acids is 1. The van der Waals surface area contributed by atoms with Gasteiger partial charge in [-0.1, -0.05) is 20.8 Å². The van der Waals surface area contributed by atoms with Crippen LogP contribution in [0.2, 0.25) is 0 Å². The first kappa shape index (κ1) is 14.5. The van der Waals surface area contributed by atoms with Gasteiger partial charge in [0.15, 0.2) is 0 Å². The van der Waals surface area contributed by atoms with Crippen LogP contribution in [0.1, 0.15) is 47.5 Å². The number of amides is 1. The van der Waals surface area contributed by atoms with E-state index in [0.717, 1.165) is 6.42 Å². The van der Waals surface area contributed by atoms with Crippen LogP contribution in [0.3, 0.4) is 0 Å². The zero-order valence-corrected chi connectivity index (χ0v) is 11.6. The van der Waals surface area contributed by atoms with Gasteiger partial charge in [0.25, 0.3) is 0 Å². The Morgan fingerprint density at radius 2 is 1.94 bits per heavy atom. The van der Waals surface area contributed by atoms with E-state index in [0.29, 0.717) is 13.0 Å². The highest BCUT2D eigenvalue weighted by Crippen LogP contribution is 2.27. The summed E-state index contributed by atoms with van der Waals surface area (Å²) in [4.78, 5) is 12.0. The van der Waals surface area contributed by atoms with Crippen molar-refractivity contribution in [1.29, 1.82) is 0 Å². The molecule has 1 rings (SSSR count). The number of hydrogen-bond donors (Lipinski definition) is 3. The maximum Gasteiger partial charge on any atom is 0.237 e. The summed E-state index contributed by atoms with van der Waals surface area (Å²) in [5, 5.41) is 15.5. The molecule has 0 aromatic rings. The fraction of sp³-hybridized carbons (Fsp3) is 0.923. The van der Waals surface area contributed by atoms with Crippen molar-refractivity contribution in [1.82, 2.24) is 10.6 Å². The lowest BCUT2D eigenvalue weighted by Gasteiger charge is -2.34. The van der Waals surface area contributed by atoms with Gasteiger partial charge in [0.2, 0.25) is 5.91 Å². The van der Waals surface area contributed by atoms with E-state index in [4.69, 9.17) is 0 Å². The molecule has 1 fully saturated rings. The molecule has 0 saturated carbocycles. The zero-order valence-electron chi connectivity index (χ0n) is 11.6. The summed E-state index contributed by atoms with van der Waals surface area (Å²) in [5.74, 6) is -0.00389. The lowest BCUT2D eigenvalue weighted by molar-refractivity contribution is -0.124. The Labute approximate surface area is 104 Å². The number of aliphatic hydroxyl groups is 1. The third-order valence-electron chi connectivity index (χ3n) is 2.86. The smallest absolute Gasteiger partial charge is 0.237 e. The number of hydrogen-bond acceptors (Lipinski definition) is 3. The third kappa shape index (κ3) is 5.04. The molecule has 0 bridgehead atoms. The van der Waals surface area contributed by atoms with Gasteiger partial charge in [0.1, 0.15) is 0 Å². The van der Waals surface area contributed by atoms with E-state index in [2.05, 4.69) is 31.4 Å². The lowest BCUT2D eigenvalue weighted by atomic mass is 9.81. The number of aliphatic hydroxyl groups excluding tert-OH is 1. The highest BCUT2D eigenvalue weighted by atomic mass is 16.3. The van der Waals surface area contributed by atoms with Crippen LogP contribution in [-0.2, 0) is 4.79 Å². The van der Waals surface area contributed by atoms with Crippen molar-refractivity contribution < 1.29 is 9.90 Å². The predicted molar refractivity (Wildman–Crippen MR) is 68.7 cm³/mol. The van der Waals surface area contributed by atoms with Gasteiger partial charge in [-0.25, -0.2) is 0 Å². The van der Waals surface area contributed by atoms with Crippen LogP contribution < -0.4 is 10.6 Å². The second-order valence-electron chi connectivity index (χ2n) is 6.96. The Bertz CT molecular complexity index is 282. The fourth-order valence-electron chi connectivity index (χ4n) is 2.71. The van der Waals surface area contributed by atoms with Crippen LogP contribution in [0.25, 0.3) is 0 Å². The van der Waals surface area contributed by atoms with Crippen molar-refractivity contribution in [3.05, 3.63) is 0 Å². The van der Waals surface area contributed by atoms with Crippen molar-refractivity contribution in [2.24, 2.45) is 5.41 Å². The van der Waals surface area contributed by atoms with Gasteiger partial charge in [-0.15, -0.1) is 0 Å². The highest BCUT2D eigenvalue weighted by molar-refractivity contribution is 5.82. The van der Waals surface area contributed by atoms with E-state index >= 15 is 0 Å². The molecule has 0 radical (unpaired) electrons. The van der Waals surface area contributed by atoms with Gasteiger partial charge in [0, 0.05) is 12.1 Å². The van der Waals surface area contributed by atoms with Crippen molar-refractivity contribution in [2.45, 2.75) is 65.1 Å². The van der Waals surface area contributed by atoms with Gasteiger partial charge in [-0.05, 0) is 32.1 Å². The molecule has 1 aliphatic rings. The molecule has 0 spiro atoms. The van der Waals surface area contributed by atoms with Crippen molar-refractivity contribution in [3.63, 3.8) is 0 Å². The Balaban J connectivity index is 2.50. The molecular formula is C13H26N2O2. The van der Waals surface area contributed by atoms with Crippen LogP contribution in [0.5, 0.6) is 0 Å². The first-order chi connectivity index (χ1) is 7.59. The molecule has 1 amide bonds. The van der Waals surface area contributed by atoms with Crippen molar-refractivity contribution in [3.8, 4) is 0 Å². The summed E-state index contributed by atoms with van der Waals surface area (Å²) in [7, 11) is 0. The van der Waals surface area contributed by atoms with E-state index in [-0.39, 0.29) is 22.9 Å². The minimum atomic E-state index is -0.392. The molecule has 17 heavy (non-hydrogen) atoms. The van der Waals surface area contributed by atoms with Gasteiger partial charge in [0.05, 0.1) is 12.1 Å². The largest absolute Gasteiger partial charge is 0.392 e. The summed E-state index contributed by atoms with van der Waals surface area (Å²) in [5.41, 5.74) is -0.0377. The molecule has 0 aliphatic carbocycles. The quantitative estimate of drug-likeness (QED) is 0.693. The maximum absolute atomic E-state index is 12.0. The predicted octanol–water partition coefficient (Wildman–Crippen LogP) is 1.04. The van der Waals surface area contributed by atoms with Crippen LogP contribution in [0.15, 0.2) is 0 Å². The summed E-state index contributed by atoms with van der Waals surface area (Å²) in [6.45, 7) is 11.1. The maximum atomic E-state index is 12.0. The summed E-state index contributed by atoms with van der Waals surface area (Å²) >= 11 is 0. The molecule has 4 heteroatoms. The van der Waals surface area contributed by atoms with Crippen molar-refractivity contribution in [2.75, 3.05) is 6.54 Å². The number of rotatable bonds is 3. The second-order valence-corrected chi connectivity index (χ2v) is 6.96. The Hall–Kier alpha value is -0.610. The van der Waals surface area contributed by atoms with Crippen LogP contribution in [0.4, 0.5) is 0 Å². The van der Waals surface area contributed by atoms with Gasteiger partial charge in [-0.2, -0.15) is 0 Å². The molecule has 2 atom stereocenters. The van der Waals surface area contributed by atoms with Gasteiger partial charge in [-0.3, -0.25) is 4.79 Å². The van der Waals surface area contributed by atoms with Crippen LogP contribution >= 0.6 is 0 Å². The van der Waals surface area contributed by atoms with E-state index < -0.39 is 6.10 Å². The Morgan fingerprint density at radius 1 is 1.35 bits per heavy atom. The summed E-state index contributed by atoms with van der Waals surface area (Å²) in [6, 6.07) is -0.246. The Morgan fingerprint density at radius 3 is 2.35 bits per heavy atom. The second kappa shape index (κ2) is 4.94. The SMILES string of the molecule is CC(C)(C)CC(C)(C)NC(=O)C1CC(O)CN1. The fourth-order valence-corrected chi connectivity index (χ4v) is 2.71. The molecule has 2 unspecified atom stereocenters. The molecule has 1 heterocycles. The lowest BCUT2D eigenvalue weighted by Crippen LogP contribution is -2.51. The van der Waals surface area contributed by atoms with E-state index in [9.17, 15) is 9.90 Å². The topological polar surface area (TPSA) is 61.4 Å². The molecule has 1 saturated heterocycles. The molecule has 4 nitrogen and oxygen atoms in total.